The Morgan fingerprint density at radius 3 is 2.11 bits per heavy atom. The second-order valence-electron chi connectivity index (χ2n) is 3.67. The minimum Gasteiger partial charge on any atom is -0.390 e. The summed E-state index contributed by atoms with van der Waals surface area (Å²) >= 11 is 2.80. The van der Waals surface area contributed by atoms with Gasteiger partial charge in [0, 0.05) is 4.47 Å². The van der Waals surface area contributed by atoms with E-state index in [1.165, 1.54) is 0 Å². The molecule has 3 N–H and O–H groups in total. The van der Waals surface area contributed by atoms with Gasteiger partial charge in [0.1, 0.15) is 6.61 Å². The first-order chi connectivity index (χ1) is 8.08. The molecule has 9 heteroatoms. The van der Waals surface area contributed by atoms with E-state index >= 15 is 0 Å². The second kappa shape index (κ2) is 6.34. The summed E-state index contributed by atoms with van der Waals surface area (Å²) in [4.78, 5) is 0. The van der Waals surface area contributed by atoms with E-state index in [0.717, 1.165) is 12.1 Å². The quantitative estimate of drug-likeness (QED) is 0.800. The summed E-state index contributed by atoms with van der Waals surface area (Å²) in [6.45, 7) is -1.54. The van der Waals surface area contributed by atoms with Gasteiger partial charge in [0.15, 0.2) is 0 Å². The van der Waals surface area contributed by atoms with Crippen LogP contribution in [0.2, 0.25) is 0 Å². The lowest BCUT2D eigenvalue weighted by Crippen LogP contribution is -2.36. The Balaban J connectivity index is 0.00000324. The molecule has 0 amide bonds. The predicted octanol–water partition coefficient (Wildman–Crippen LogP) is 3.52. The van der Waals surface area contributed by atoms with Gasteiger partial charge in [-0.3, -0.25) is 0 Å². The molecule has 0 aliphatic heterocycles. The van der Waals surface area contributed by atoms with Gasteiger partial charge in [0.05, 0.1) is 11.6 Å². The van der Waals surface area contributed by atoms with Crippen LogP contribution in [0.4, 0.5) is 22.0 Å². The molecule has 1 rings (SSSR count). The van der Waals surface area contributed by atoms with Gasteiger partial charge in [-0.1, -0.05) is 15.9 Å². The number of rotatable bonds is 3. The minimum absolute atomic E-state index is 0. The molecule has 0 spiro atoms. The van der Waals surface area contributed by atoms with E-state index in [1.807, 2.05) is 0 Å². The number of aliphatic hydroxyl groups excluding tert-OH is 1. The molecule has 0 aromatic heterocycles. The van der Waals surface area contributed by atoms with Crippen LogP contribution < -0.4 is 5.73 Å². The zero-order chi connectivity index (χ0) is 14.1. The summed E-state index contributed by atoms with van der Waals surface area (Å²) in [6.07, 6.45) is -4.66. The highest BCUT2D eigenvalue weighted by molar-refractivity contribution is 9.10. The minimum atomic E-state index is -4.66. The second-order valence-corrected chi connectivity index (χ2v) is 4.58. The van der Waals surface area contributed by atoms with Gasteiger partial charge in [0.25, 0.3) is 5.92 Å². The van der Waals surface area contributed by atoms with Crippen LogP contribution in [0.3, 0.4) is 0 Å². The van der Waals surface area contributed by atoms with Crippen LogP contribution in [0.15, 0.2) is 22.7 Å². The van der Waals surface area contributed by atoms with Gasteiger partial charge < -0.3 is 10.8 Å². The summed E-state index contributed by atoms with van der Waals surface area (Å²) in [5.41, 5.74) is 3.67. The van der Waals surface area contributed by atoms with Gasteiger partial charge in [-0.2, -0.15) is 13.2 Å². The van der Waals surface area contributed by atoms with Crippen LogP contribution in [0.25, 0.3) is 0 Å². The smallest absolute Gasteiger partial charge is 0.390 e. The maximum absolute atomic E-state index is 13.1. The zero-order valence-corrected chi connectivity index (χ0v) is 11.6. The lowest BCUT2D eigenvalue weighted by Gasteiger charge is -2.22. The Hall–Kier alpha value is -0.440. The van der Waals surface area contributed by atoms with Crippen LogP contribution >= 0.6 is 28.3 Å². The van der Waals surface area contributed by atoms with Crippen LogP contribution in [0, 0.1) is 0 Å². The summed E-state index contributed by atoms with van der Waals surface area (Å²) in [7, 11) is 0. The van der Waals surface area contributed by atoms with Crippen LogP contribution in [0.5, 0.6) is 0 Å². The number of alkyl halides is 5. The molecule has 19 heavy (non-hydrogen) atoms. The number of hydrogen-bond donors (Lipinski definition) is 2. The average Bonchev–Trinajstić information content (AvgIpc) is 2.26. The van der Waals surface area contributed by atoms with Crippen molar-refractivity contribution in [1.82, 2.24) is 0 Å². The number of benzene rings is 1. The zero-order valence-electron chi connectivity index (χ0n) is 9.22. The standard InChI is InChI=1S/C10H9BrF5NO.ClH/c11-7-2-5(8(17)9(12,13)4-18)1-6(3-7)10(14,15)16;/h1-3,8,18H,4,17H2;1H/t8-;/m0./s1. The number of halogens is 7. The van der Waals surface area contributed by atoms with Crippen molar-refractivity contribution in [2.75, 3.05) is 6.61 Å². The van der Waals surface area contributed by atoms with Crippen molar-refractivity contribution in [3.8, 4) is 0 Å². The highest BCUT2D eigenvalue weighted by Crippen LogP contribution is 2.36. The highest BCUT2D eigenvalue weighted by atomic mass is 79.9. The van der Waals surface area contributed by atoms with E-state index in [-0.39, 0.29) is 16.9 Å². The Morgan fingerprint density at radius 1 is 1.16 bits per heavy atom. The highest BCUT2D eigenvalue weighted by Gasteiger charge is 2.39. The van der Waals surface area contributed by atoms with Crippen molar-refractivity contribution < 1.29 is 27.1 Å². The van der Waals surface area contributed by atoms with E-state index < -0.39 is 35.9 Å². The van der Waals surface area contributed by atoms with E-state index in [1.54, 1.807) is 0 Å². The predicted molar refractivity (Wildman–Crippen MR) is 65.4 cm³/mol. The molecule has 1 atom stereocenters. The first-order valence-electron chi connectivity index (χ1n) is 4.70. The van der Waals surface area contributed by atoms with Gasteiger partial charge >= 0.3 is 6.18 Å². The molecule has 1 aromatic rings. The summed E-state index contributed by atoms with van der Waals surface area (Å²) in [5, 5.41) is 8.46. The summed E-state index contributed by atoms with van der Waals surface area (Å²) in [5.74, 6) is -3.69. The third-order valence-corrected chi connectivity index (χ3v) is 2.73. The molecule has 110 valence electrons. The molecule has 0 aliphatic carbocycles. The molecular weight excluding hydrogens is 360 g/mol. The third kappa shape index (κ3) is 4.55. The van der Waals surface area contributed by atoms with Crippen LogP contribution in [0.1, 0.15) is 17.2 Å². The average molecular weight is 371 g/mol. The topological polar surface area (TPSA) is 46.2 Å². The van der Waals surface area contributed by atoms with E-state index in [4.69, 9.17) is 10.8 Å². The fourth-order valence-electron chi connectivity index (χ4n) is 1.30. The van der Waals surface area contributed by atoms with Crippen molar-refractivity contribution in [1.29, 1.82) is 0 Å². The Morgan fingerprint density at radius 2 is 1.68 bits per heavy atom. The lowest BCUT2D eigenvalue weighted by molar-refractivity contribution is -0.137. The number of nitrogens with two attached hydrogens (primary N) is 1. The third-order valence-electron chi connectivity index (χ3n) is 2.27. The van der Waals surface area contributed by atoms with Crippen molar-refractivity contribution in [2.24, 2.45) is 5.73 Å². The van der Waals surface area contributed by atoms with Gasteiger partial charge in [-0.05, 0) is 23.8 Å². The number of hydrogen-bond acceptors (Lipinski definition) is 2. The van der Waals surface area contributed by atoms with Crippen LogP contribution in [-0.4, -0.2) is 17.6 Å². The van der Waals surface area contributed by atoms with Crippen molar-refractivity contribution in [2.45, 2.75) is 18.1 Å². The van der Waals surface area contributed by atoms with Crippen molar-refractivity contribution in [3.05, 3.63) is 33.8 Å². The van der Waals surface area contributed by atoms with Crippen molar-refractivity contribution >= 4 is 28.3 Å². The molecule has 0 unspecified atom stereocenters. The molecule has 0 saturated heterocycles. The largest absolute Gasteiger partial charge is 0.416 e. The molecule has 0 fully saturated rings. The van der Waals surface area contributed by atoms with Crippen molar-refractivity contribution in [3.63, 3.8) is 0 Å². The van der Waals surface area contributed by atoms with Gasteiger partial charge in [-0.25, -0.2) is 8.78 Å². The maximum Gasteiger partial charge on any atom is 0.416 e. The summed E-state index contributed by atoms with van der Waals surface area (Å²) in [6, 6.07) is 0.344. The van der Waals surface area contributed by atoms with Crippen LogP contribution in [-0.2, 0) is 6.18 Å². The molecule has 0 heterocycles. The van der Waals surface area contributed by atoms with Gasteiger partial charge in [-0.15, -0.1) is 12.4 Å². The molecule has 0 bridgehead atoms. The number of aliphatic hydroxyl groups is 1. The van der Waals surface area contributed by atoms with E-state index in [2.05, 4.69) is 15.9 Å². The normalized spacial score (nSPS) is 13.9. The van der Waals surface area contributed by atoms with Gasteiger partial charge in [0.2, 0.25) is 0 Å². The fraction of sp³-hybridized carbons (Fsp3) is 0.400. The van der Waals surface area contributed by atoms with E-state index in [9.17, 15) is 22.0 Å². The SMILES string of the molecule is Cl.N[C@@H](c1cc(Br)cc(C(F)(F)F)c1)C(F)(F)CO. The monoisotopic (exact) mass is 369 g/mol. The maximum atomic E-state index is 13.1. The lowest BCUT2D eigenvalue weighted by atomic mass is 9.99. The molecule has 0 radical (unpaired) electrons. The molecule has 1 aromatic carbocycles. The van der Waals surface area contributed by atoms with E-state index in [0.29, 0.717) is 6.07 Å². The molecule has 2 nitrogen and oxygen atoms in total. The Kier molecular flexibility index (Phi) is 6.19. The molecule has 0 aliphatic rings. The Labute approximate surface area is 120 Å². The first-order valence-corrected chi connectivity index (χ1v) is 5.49. The Bertz CT molecular complexity index is 440. The fourth-order valence-corrected chi connectivity index (χ4v) is 1.81. The molecular formula is C10H10BrClF5NO. The summed E-state index contributed by atoms with van der Waals surface area (Å²) < 4.78 is 63.7. The first kappa shape index (κ1) is 18.6. The molecule has 0 saturated carbocycles.